The molecule has 1 aliphatic heterocycles. The maximum atomic E-state index is 12.8. The van der Waals surface area contributed by atoms with Crippen LogP contribution in [0.4, 0.5) is 0 Å². The van der Waals surface area contributed by atoms with Crippen LogP contribution in [0.15, 0.2) is 77.2 Å². The van der Waals surface area contributed by atoms with Crippen molar-refractivity contribution in [1.29, 1.82) is 0 Å². The lowest BCUT2D eigenvalue weighted by Gasteiger charge is -2.31. The maximum Gasteiger partial charge on any atom is 0.258 e. The molecule has 0 aliphatic carbocycles. The van der Waals surface area contributed by atoms with Gasteiger partial charge in [-0.3, -0.25) is 9.69 Å². The molecule has 0 bridgehead atoms. The molecular weight excluding hydrogens is 404 g/mol. The van der Waals surface area contributed by atoms with Crippen LogP contribution in [0, 0.1) is 0 Å². The third-order valence-corrected chi connectivity index (χ3v) is 5.80. The number of nitrogens with one attached hydrogen (secondary N) is 1. The van der Waals surface area contributed by atoms with E-state index in [1.54, 1.807) is 0 Å². The number of hydrogen-bond acceptors (Lipinski definition) is 5. The zero-order valence-electron chi connectivity index (χ0n) is 17.8. The number of rotatable bonds is 7. The Kier molecular flexibility index (Phi) is 6.05. The summed E-state index contributed by atoms with van der Waals surface area (Å²) in [6.45, 7) is 3.88. The van der Waals surface area contributed by atoms with Crippen LogP contribution in [0.3, 0.4) is 0 Å². The molecule has 0 radical (unpaired) electrons. The van der Waals surface area contributed by atoms with E-state index < -0.39 is 0 Å². The molecule has 0 saturated carbocycles. The standard InChI is InChI=1S/C26H26N2O4/c29-26(27-23(19-6-2-1-3-7-19)17-28-12-14-30-15-13-28)18-31-20-10-11-25-22(16-20)21-8-4-5-9-24(21)32-25/h1-11,16,23H,12-15,17-18H2,(H,27,29)/t23-/m0/s1. The Balaban J connectivity index is 1.26. The molecule has 1 aromatic heterocycles. The molecule has 1 aliphatic rings. The van der Waals surface area contributed by atoms with Crippen LogP contribution < -0.4 is 10.1 Å². The van der Waals surface area contributed by atoms with E-state index in [4.69, 9.17) is 13.9 Å². The van der Waals surface area contributed by atoms with Gasteiger partial charge in [-0.15, -0.1) is 0 Å². The summed E-state index contributed by atoms with van der Waals surface area (Å²) in [4.78, 5) is 15.1. The first-order valence-electron chi connectivity index (χ1n) is 10.9. The van der Waals surface area contributed by atoms with Gasteiger partial charge in [0.05, 0.1) is 19.3 Å². The van der Waals surface area contributed by atoms with Gasteiger partial charge in [0.1, 0.15) is 16.9 Å². The van der Waals surface area contributed by atoms with Gasteiger partial charge < -0.3 is 19.2 Å². The summed E-state index contributed by atoms with van der Waals surface area (Å²) in [6.07, 6.45) is 0. The fourth-order valence-corrected chi connectivity index (χ4v) is 4.14. The number of carbonyl (C=O) groups excluding carboxylic acids is 1. The molecule has 1 N–H and O–H groups in total. The van der Waals surface area contributed by atoms with Gasteiger partial charge in [0.15, 0.2) is 6.61 Å². The predicted octanol–water partition coefficient (Wildman–Crippen LogP) is 4.15. The quantitative estimate of drug-likeness (QED) is 0.477. The molecule has 1 atom stereocenters. The van der Waals surface area contributed by atoms with Crippen LogP contribution in [0.25, 0.3) is 21.9 Å². The third kappa shape index (κ3) is 4.61. The highest BCUT2D eigenvalue weighted by molar-refractivity contribution is 6.05. The topological polar surface area (TPSA) is 63.9 Å². The van der Waals surface area contributed by atoms with E-state index >= 15 is 0 Å². The summed E-state index contributed by atoms with van der Waals surface area (Å²) >= 11 is 0. The first-order valence-corrected chi connectivity index (χ1v) is 10.9. The first-order chi connectivity index (χ1) is 15.8. The second-order valence-corrected chi connectivity index (χ2v) is 7.99. The average Bonchev–Trinajstić information content (AvgIpc) is 3.21. The zero-order valence-corrected chi connectivity index (χ0v) is 17.8. The Hall–Kier alpha value is -3.35. The second-order valence-electron chi connectivity index (χ2n) is 7.99. The summed E-state index contributed by atoms with van der Waals surface area (Å²) in [7, 11) is 0. The van der Waals surface area contributed by atoms with E-state index in [0.717, 1.165) is 60.3 Å². The Morgan fingerprint density at radius 3 is 2.53 bits per heavy atom. The van der Waals surface area contributed by atoms with Gasteiger partial charge in [-0.25, -0.2) is 0 Å². The van der Waals surface area contributed by atoms with Gasteiger partial charge in [0.2, 0.25) is 0 Å². The van der Waals surface area contributed by atoms with Crippen LogP contribution in [0.5, 0.6) is 5.75 Å². The minimum absolute atomic E-state index is 0.0479. The van der Waals surface area contributed by atoms with Crippen molar-refractivity contribution in [3.63, 3.8) is 0 Å². The molecule has 5 rings (SSSR count). The monoisotopic (exact) mass is 430 g/mol. The Morgan fingerprint density at radius 2 is 1.69 bits per heavy atom. The lowest BCUT2D eigenvalue weighted by Crippen LogP contribution is -2.44. The van der Waals surface area contributed by atoms with Gasteiger partial charge in [-0.1, -0.05) is 48.5 Å². The van der Waals surface area contributed by atoms with E-state index in [1.807, 2.05) is 72.8 Å². The molecule has 6 heteroatoms. The summed E-state index contributed by atoms with van der Waals surface area (Å²) in [6, 6.07) is 23.5. The molecule has 0 spiro atoms. The number of benzene rings is 3. The SMILES string of the molecule is O=C(COc1ccc2oc3ccccc3c2c1)N[C@@H](CN1CCOCC1)c1ccccc1. The van der Waals surface area contributed by atoms with Crippen LogP contribution in [0.1, 0.15) is 11.6 Å². The fourth-order valence-electron chi connectivity index (χ4n) is 4.14. The van der Waals surface area contributed by atoms with Crippen molar-refractivity contribution in [2.75, 3.05) is 39.5 Å². The Morgan fingerprint density at radius 1 is 0.938 bits per heavy atom. The Labute approximate surface area is 186 Å². The summed E-state index contributed by atoms with van der Waals surface area (Å²) < 4.78 is 17.1. The highest BCUT2D eigenvalue weighted by atomic mass is 16.5. The number of para-hydroxylation sites is 1. The number of fused-ring (bicyclic) bond motifs is 3. The van der Waals surface area contributed by atoms with Crippen LogP contribution >= 0.6 is 0 Å². The number of furan rings is 1. The van der Waals surface area contributed by atoms with Crippen molar-refractivity contribution < 1.29 is 18.7 Å². The van der Waals surface area contributed by atoms with Gasteiger partial charge in [0, 0.05) is 30.4 Å². The lowest BCUT2D eigenvalue weighted by atomic mass is 10.1. The number of morpholine rings is 1. The van der Waals surface area contributed by atoms with Crippen molar-refractivity contribution in [2.24, 2.45) is 0 Å². The molecule has 1 saturated heterocycles. The van der Waals surface area contributed by atoms with Crippen molar-refractivity contribution in [3.8, 4) is 5.75 Å². The van der Waals surface area contributed by atoms with E-state index in [-0.39, 0.29) is 18.6 Å². The zero-order chi connectivity index (χ0) is 21.8. The normalized spacial score (nSPS) is 15.6. The van der Waals surface area contributed by atoms with Crippen LogP contribution in [-0.4, -0.2) is 50.3 Å². The number of hydrogen-bond donors (Lipinski definition) is 1. The minimum atomic E-state index is -0.149. The van der Waals surface area contributed by atoms with E-state index in [0.29, 0.717) is 5.75 Å². The van der Waals surface area contributed by atoms with Gasteiger partial charge in [0.25, 0.3) is 5.91 Å². The number of amides is 1. The molecule has 1 fully saturated rings. The molecule has 164 valence electrons. The number of carbonyl (C=O) groups is 1. The van der Waals surface area contributed by atoms with Gasteiger partial charge in [-0.2, -0.15) is 0 Å². The van der Waals surface area contributed by atoms with E-state index in [9.17, 15) is 4.79 Å². The van der Waals surface area contributed by atoms with E-state index in [1.165, 1.54) is 0 Å². The predicted molar refractivity (Wildman–Crippen MR) is 124 cm³/mol. The summed E-state index contributed by atoms with van der Waals surface area (Å²) in [5.74, 6) is 0.493. The summed E-state index contributed by atoms with van der Waals surface area (Å²) in [5.41, 5.74) is 2.72. The lowest BCUT2D eigenvalue weighted by molar-refractivity contribution is -0.124. The molecule has 6 nitrogen and oxygen atoms in total. The highest BCUT2D eigenvalue weighted by Crippen LogP contribution is 2.31. The smallest absolute Gasteiger partial charge is 0.258 e. The molecule has 0 unspecified atom stereocenters. The van der Waals surface area contributed by atoms with E-state index in [2.05, 4.69) is 10.2 Å². The number of ether oxygens (including phenoxy) is 2. The second kappa shape index (κ2) is 9.42. The van der Waals surface area contributed by atoms with Crippen molar-refractivity contribution >= 4 is 27.8 Å². The largest absolute Gasteiger partial charge is 0.484 e. The molecule has 1 amide bonds. The van der Waals surface area contributed by atoms with Crippen molar-refractivity contribution in [2.45, 2.75) is 6.04 Å². The van der Waals surface area contributed by atoms with Crippen LogP contribution in [0.2, 0.25) is 0 Å². The van der Waals surface area contributed by atoms with Crippen molar-refractivity contribution in [1.82, 2.24) is 10.2 Å². The van der Waals surface area contributed by atoms with Gasteiger partial charge in [-0.05, 0) is 29.8 Å². The maximum absolute atomic E-state index is 12.8. The average molecular weight is 431 g/mol. The highest BCUT2D eigenvalue weighted by Gasteiger charge is 2.20. The molecule has 32 heavy (non-hydrogen) atoms. The van der Waals surface area contributed by atoms with Crippen molar-refractivity contribution in [3.05, 3.63) is 78.4 Å². The molecule has 3 aromatic carbocycles. The fraction of sp³-hybridized carbons (Fsp3) is 0.269. The first kappa shape index (κ1) is 20.5. The molecular formula is C26H26N2O4. The molecule has 4 aromatic rings. The Bertz CT molecular complexity index is 1200. The van der Waals surface area contributed by atoms with Gasteiger partial charge >= 0.3 is 0 Å². The molecule has 2 heterocycles. The third-order valence-electron chi connectivity index (χ3n) is 5.80. The minimum Gasteiger partial charge on any atom is -0.484 e. The van der Waals surface area contributed by atoms with Crippen LogP contribution in [-0.2, 0) is 9.53 Å². The summed E-state index contributed by atoms with van der Waals surface area (Å²) in [5, 5.41) is 5.16. The number of nitrogens with zero attached hydrogens (tertiary/aromatic N) is 1.